The first kappa shape index (κ1) is 18.6. The highest BCUT2D eigenvalue weighted by molar-refractivity contribution is 6.30. The number of benzene rings is 3. The molecule has 0 atom stereocenters. The molecule has 0 N–H and O–H groups in total. The fourth-order valence-corrected chi connectivity index (χ4v) is 3.20. The number of oxazole rings is 1. The molecule has 4 aromatic rings. The molecule has 0 aliphatic carbocycles. The Morgan fingerprint density at radius 3 is 1.71 bits per heavy atom. The highest BCUT2D eigenvalue weighted by Crippen LogP contribution is 2.37. The lowest BCUT2D eigenvalue weighted by Crippen LogP contribution is -2.07. The van der Waals surface area contributed by atoms with E-state index in [1.54, 1.807) is 0 Å². The summed E-state index contributed by atoms with van der Waals surface area (Å²) in [5.74, 6) is 1.26. The minimum atomic E-state index is 0.549. The van der Waals surface area contributed by atoms with Gasteiger partial charge in [-0.1, -0.05) is 35.3 Å². The van der Waals surface area contributed by atoms with Crippen molar-refractivity contribution in [3.63, 3.8) is 0 Å². The molecule has 4 rings (SSSR count). The van der Waals surface area contributed by atoms with Gasteiger partial charge in [-0.2, -0.15) is 0 Å². The highest BCUT2D eigenvalue weighted by atomic mass is 35.5. The average molecular weight is 409 g/mol. The van der Waals surface area contributed by atoms with Gasteiger partial charge in [-0.15, -0.1) is 0 Å². The Labute approximate surface area is 174 Å². The lowest BCUT2D eigenvalue weighted by Gasteiger charge is -2.12. The zero-order valence-electron chi connectivity index (χ0n) is 15.5. The number of hydrogen-bond acceptors (Lipinski definition) is 3. The van der Waals surface area contributed by atoms with Crippen LogP contribution in [0.2, 0.25) is 10.0 Å². The maximum atomic E-state index is 6.19. The van der Waals surface area contributed by atoms with Crippen molar-refractivity contribution >= 4 is 28.9 Å². The summed E-state index contributed by atoms with van der Waals surface area (Å²) < 4.78 is 6.19. The second kappa shape index (κ2) is 7.70. The minimum absolute atomic E-state index is 0.549. The summed E-state index contributed by atoms with van der Waals surface area (Å²) in [5.41, 5.74) is 4.69. The summed E-state index contributed by atoms with van der Waals surface area (Å²) in [7, 11) is 4.03. The monoisotopic (exact) mass is 408 g/mol. The van der Waals surface area contributed by atoms with E-state index in [1.165, 1.54) is 0 Å². The van der Waals surface area contributed by atoms with Crippen molar-refractivity contribution in [1.29, 1.82) is 0 Å². The van der Waals surface area contributed by atoms with Gasteiger partial charge in [0.1, 0.15) is 5.69 Å². The lowest BCUT2D eigenvalue weighted by atomic mass is 10.1. The van der Waals surface area contributed by atoms with Gasteiger partial charge in [0.15, 0.2) is 5.76 Å². The van der Waals surface area contributed by atoms with Gasteiger partial charge >= 0.3 is 0 Å². The molecular formula is C23H18Cl2N2O. The predicted octanol–water partition coefficient (Wildman–Crippen LogP) is 7.05. The molecule has 0 aliphatic rings. The van der Waals surface area contributed by atoms with Crippen LogP contribution in [0.4, 0.5) is 5.69 Å². The Morgan fingerprint density at radius 2 is 1.18 bits per heavy atom. The number of anilines is 1. The van der Waals surface area contributed by atoms with Crippen molar-refractivity contribution in [2.45, 2.75) is 0 Å². The van der Waals surface area contributed by atoms with Crippen molar-refractivity contribution < 1.29 is 4.42 Å². The molecular weight excluding hydrogens is 391 g/mol. The molecule has 0 saturated heterocycles. The summed E-state index contributed by atoms with van der Waals surface area (Å²) in [4.78, 5) is 6.86. The normalized spacial score (nSPS) is 10.9. The molecule has 28 heavy (non-hydrogen) atoms. The summed E-state index contributed by atoms with van der Waals surface area (Å²) in [5, 5.41) is 1.35. The number of nitrogens with zero attached hydrogens (tertiary/aromatic N) is 2. The first-order valence-corrected chi connectivity index (χ1v) is 9.57. The zero-order valence-corrected chi connectivity index (χ0v) is 17.0. The molecule has 1 aromatic heterocycles. The van der Waals surface area contributed by atoms with Crippen LogP contribution < -0.4 is 4.90 Å². The van der Waals surface area contributed by atoms with E-state index in [1.807, 2.05) is 62.6 Å². The van der Waals surface area contributed by atoms with Crippen molar-refractivity contribution in [3.05, 3.63) is 82.8 Å². The van der Waals surface area contributed by atoms with Crippen LogP contribution in [0, 0.1) is 0 Å². The van der Waals surface area contributed by atoms with E-state index in [-0.39, 0.29) is 0 Å². The third-order valence-corrected chi connectivity index (χ3v) is 4.99. The molecule has 1 heterocycles. The smallest absolute Gasteiger partial charge is 0.227 e. The Hall–Kier alpha value is -2.75. The van der Waals surface area contributed by atoms with E-state index in [2.05, 4.69) is 29.2 Å². The molecule has 140 valence electrons. The molecule has 0 radical (unpaired) electrons. The Balaban J connectivity index is 1.85. The SMILES string of the molecule is CN(C)c1ccc(-c2nc(-c3ccc(Cl)cc3)oc2-c2ccc(Cl)cc2)cc1. The number of halogens is 2. The number of hydrogen-bond donors (Lipinski definition) is 0. The van der Waals surface area contributed by atoms with Crippen LogP contribution in [0.5, 0.6) is 0 Å². The first-order chi connectivity index (χ1) is 13.5. The highest BCUT2D eigenvalue weighted by Gasteiger charge is 2.18. The van der Waals surface area contributed by atoms with Gasteiger partial charge in [0.2, 0.25) is 5.89 Å². The Morgan fingerprint density at radius 1 is 0.679 bits per heavy atom. The summed E-state index contributed by atoms with van der Waals surface area (Å²) in [6.45, 7) is 0. The summed E-state index contributed by atoms with van der Waals surface area (Å²) in [6, 6.07) is 23.3. The van der Waals surface area contributed by atoms with Gasteiger partial charge in [-0.05, 0) is 60.7 Å². The molecule has 0 saturated carbocycles. The predicted molar refractivity (Wildman–Crippen MR) is 117 cm³/mol. The molecule has 0 spiro atoms. The third-order valence-electron chi connectivity index (χ3n) is 4.48. The van der Waals surface area contributed by atoms with Crippen LogP contribution in [0.25, 0.3) is 34.0 Å². The van der Waals surface area contributed by atoms with Gasteiger partial charge < -0.3 is 9.32 Å². The van der Waals surface area contributed by atoms with Crippen molar-refractivity contribution in [1.82, 2.24) is 4.98 Å². The topological polar surface area (TPSA) is 29.3 Å². The fraction of sp³-hybridized carbons (Fsp3) is 0.0870. The summed E-state index contributed by atoms with van der Waals surface area (Å²) >= 11 is 12.1. The van der Waals surface area contributed by atoms with Gasteiger partial charge in [0.25, 0.3) is 0 Å². The van der Waals surface area contributed by atoms with Gasteiger partial charge in [0, 0.05) is 46.5 Å². The lowest BCUT2D eigenvalue weighted by molar-refractivity contribution is 0.589. The minimum Gasteiger partial charge on any atom is -0.435 e. The van der Waals surface area contributed by atoms with Crippen LogP contribution in [-0.4, -0.2) is 19.1 Å². The second-order valence-corrected chi connectivity index (χ2v) is 7.52. The van der Waals surface area contributed by atoms with E-state index >= 15 is 0 Å². The van der Waals surface area contributed by atoms with Crippen molar-refractivity contribution in [2.24, 2.45) is 0 Å². The van der Waals surface area contributed by atoms with Crippen LogP contribution in [0.1, 0.15) is 0 Å². The van der Waals surface area contributed by atoms with Crippen LogP contribution in [-0.2, 0) is 0 Å². The zero-order chi connectivity index (χ0) is 19.7. The van der Waals surface area contributed by atoms with Crippen molar-refractivity contribution in [2.75, 3.05) is 19.0 Å². The third kappa shape index (κ3) is 3.77. The number of aromatic nitrogens is 1. The fourth-order valence-electron chi connectivity index (χ4n) is 2.95. The van der Waals surface area contributed by atoms with Gasteiger partial charge in [-0.25, -0.2) is 4.98 Å². The summed E-state index contributed by atoms with van der Waals surface area (Å²) in [6.07, 6.45) is 0. The largest absolute Gasteiger partial charge is 0.435 e. The molecule has 3 aromatic carbocycles. The van der Waals surface area contributed by atoms with Crippen LogP contribution >= 0.6 is 23.2 Å². The molecule has 5 heteroatoms. The van der Waals surface area contributed by atoms with E-state index in [0.29, 0.717) is 21.7 Å². The molecule has 0 bridgehead atoms. The van der Waals surface area contributed by atoms with E-state index < -0.39 is 0 Å². The number of rotatable bonds is 4. The molecule has 0 unspecified atom stereocenters. The molecule has 0 aliphatic heterocycles. The van der Waals surface area contributed by atoms with E-state index in [0.717, 1.165) is 28.1 Å². The van der Waals surface area contributed by atoms with E-state index in [9.17, 15) is 0 Å². The van der Waals surface area contributed by atoms with Crippen LogP contribution in [0.15, 0.2) is 77.2 Å². The molecule has 0 fully saturated rings. The quantitative estimate of drug-likeness (QED) is 0.362. The maximum absolute atomic E-state index is 6.19. The Bertz CT molecular complexity index is 1080. The van der Waals surface area contributed by atoms with Crippen LogP contribution in [0.3, 0.4) is 0 Å². The second-order valence-electron chi connectivity index (χ2n) is 6.65. The van der Waals surface area contributed by atoms with Crippen molar-refractivity contribution in [3.8, 4) is 34.0 Å². The molecule has 3 nitrogen and oxygen atoms in total. The van der Waals surface area contributed by atoms with Gasteiger partial charge in [-0.3, -0.25) is 0 Å². The average Bonchev–Trinajstić information content (AvgIpc) is 3.14. The molecule has 0 amide bonds. The Kier molecular flexibility index (Phi) is 5.12. The maximum Gasteiger partial charge on any atom is 0.227 e. The standard InChI is InChI=1S/C23H18Cl2N2O/c1-27(2)20-13-7-15(8-14-20)21-22(16-3-9-18(24)10-4-16)28-23(26-21)17-5-11-19(25)12-6-17/h3-14H,1-2H3. The first-order valence-electron chi connectivity index (χ1n) is 8.82. The van der Waals surface area contributed by atoms with E-state index in [4.69, 9.17) is 32.6 Å². The van der Waals surface area contributed by atoms with Gasteiger partial charge in [0.05, 0.1) is 0 Å².